The minimum Gasteiger partial charge on any atom is -0.375 e. The second kappa shape index (κ2) is 2.36. The summed E-state index contributed by atoms with van der Waals surface area (Å²) in [6, 6.07) is 0. The first kappa shape index (κ1) is 6.38. The Morgan fingerprint density at radius 1 is 1.40 bits per heavy atom. The highest BCUT2D eigenvalue weighted by Gasteiger charge is 2.37. The van der Waals surface area contributed by atoms with Crippen LogP contribution in [-0.4, -0.2) is 24.9 Å². The van der Waals surface area contributed by atoms with Crippen LogP contribution in [0.25, 0.3) is 0 Å². The fourth-order valence-corrected chi connectivity index (χ4v) is 1.67. The third-order valence-corrected chi connectivity index (χ3v) is 2.23. The zero-order valence-electron chi connectivity index (χ0n) is 5.95. The van der Waals surface area contributed by atoms with E-state index >= 15 is 0 Å². The molecule has 2 aliphatic heterocycles. The van der Waals surface area contributed by atoms with Gasteiger partial charge in [0.2, 0.25) is 0 Å². The zero-order valence-corrected chi connectivity index (χ0v) is 5.95. The van der Waals surface area contributed by atoms with E-state index in [2.05, 4.69) is 6.58 Å². The largest absolute Gasteiger partial charge is 0.375 e. The first-order chi connectivity index (χ1) is 4.90. The van der Waals surface area contributed by atoms with Crippen LogP contribution in [0, 0.1) is 0 Å². The van der Waals surface area contributed by atoms with Crippen molar-refractivity contribution in [3.8, 4) is 0 Å². The summed E-state index contributed by atoms with van der Waals surface area (Å²) >= 11 is 0. The molecular formula is C8H12O2. The molecule has 2 fully saturated rings. The molecule has 0 aromatic carbocycles. The molecule has 0 amide bonds. The predicted molar refractivity (Wildman–Crippen MR) is 37.8 cm³/mol. The first-order valence-corrected chi connectivity index (χ1v) is 3.80. The van der Waals surface area contributed by atoms with Gasteiger partial charge >= 0.3 is 0 Å². The van der Waals surface area contributed by atoms with Crippen LogP contribution in [-0.2, 0) is 9.47 Å². The summed E-state index contributed by atoms with van der Waals surface area (Å²) in [5.41, 5.74) is 0. The molecule has 0 aromatic rings. The minimum atomic E-state index is 0.246. The van der Waals surface area contributed by atoms with E-state index in [1.807, 2.05) is 6.08 Å². The smallest absolute Gasteiger partial charge is 0.0867 e. The van der Waals surface area contributed by atoms with Crippen LogP contribution in [0.2, 0.25) is 0 Å². The molecule has 3 atom stereocenters. The van der Waals surface area contributed by atoms with Crippen molar-refractivity contribution in [2.75, 3.05) is 6.61 Å². The Labute approximate surface area is 60.8 Å². The lowest BCUT2D eigenvalue weighted by Crippen LogP contribution is -2.13. The SMILES string of the molecule is C=CC1CC2OCCC2O1. The maximum atomic E-state index is 5.59. The van der Waals surface area contributed by atoms with Crippen molar-refractivity contribution < 1.29 is 9.47 Å². The lowest BCUT2D eigenvalue weighted by atomic mass is 10.1. The van der Waals surface area contributed by atoms with Crippen molar-refractivity contribution in [2.45, 2.75) is 31.2 Å². The number of hydrogen-bond acceptors (Lipinski definition) is 2. The monoisotopic (exact) mass is 140 g/mol. The van der Waals surface area contributed by atoms with Gasteiger partial charge < -0.3 is 9.47 Å². The molecule has 0 N–H and O–H groups in total. The van der Waals surface area contributed by atoms with Gasteiger partial charge in [-0.15, -0.1) is 6.58 Å². The Morgan fingerprint density at radius 2 is 2.30 bits per heavy atom. The van der Waals surface area contributed by atoms with Crippen LogP contribution >= 0.6 is 0 Å². The van der Waals surface area contributed by atoms with Gasteiger partial charge in [0.25, 0.3) is 0 Å². The van der Waals surface area contributed by atoms with Crippen molar-refractivity contribution in [3.63, 3.8) is 0 Å². The highest BCUT2D eigenvalue weighted by atomic mass is 16.6. The summed E-state index contributed by atoms with van der Waals surface area (Å²) in [7, 11) is 0. The third kappa shape index (κ3) is 0.879. The standard InChI is InChI=1S/C8H12O2/c1-2-6-5-8-7(10-6)3-4-9-8/h2,6-8H,1,3-5H2. The highest BCUT2D eigenvalue weighted by molar-refractivity contribution is 4.94. The quantitative estimate of drug-likeness (QED) is 0.508. The fourth-order valence-electron chi connectivity index (χ4n) is 1.67. The van der Waals surface area contributed by atoms with Gasteiger partial charge in [0, 0.05) is 13.0 Å². The number of hydrogen-bond donors (Lipinski definition) is 0. The molecule has 2 nitrogen and oxygen atoms in total. The van der Waals surface area contributed by atoms with E-state index in [-0.39, 0.29) is 6.10 Å². The average Bonchev–Trinajstić information content (AvgIpc) is 2.42. The molecule has 0 saturated carbocycles. The molecule has 0 aromatic heterocycles. The Morgan fingerprint density at radius 3 is 3.00 bits per heavy atom. The number of ether oxygens (including phenoxy) is 2. The molecule has 0 aliphatic carbocycles. The lowest BCUT2D eigenvalue weighted by molar-refractivity contribution is 0.0565. The maximum absolute atomic E-state index is 5.59. The van der Waals surface area contributed by atoms with Gasteiger partial charge in [0.05, 0.1) is 18.3 Å². The minimum absolute atomic E-state index is 0.246. The zero-order chi connectivity index (χ0) is 6.97. The van der Waals surface area contributed by atoms with Crippen molar-refractivity contribution in [2.24, 2.45) is 0 Å². The van der Waals surface area contributed by atoms with E-state index in [0.29, 0.717) is 12.2 Å². The summed E-state index contributed by atoms with van der Waals surface area (Å²) in [4.78, 5) is 0. The lowest BCUT2D eigenvalue weighted by Gasteiger charge is -2.04. The maximum Gasteiger partial charge on any atom is 0.0867 e. The summed E-state index contributed by atoms with van der Waals surface area (Å²) < 4.78 is 11.0. The molecule has 0 spiro atoms. The van der Waals surface area contributed by atoms with Crippen LogP contribution in [0.1, 0.15) is 12.8 Å². The van der Waals surface area contributed by atoms with Crippen LogP contribution in [0.3, 0.4) is 0 Å². The summed E-state index contributed by atoms with van der Waals surface area (Å²) in [6.07, 6.45) is 4.91. The Balaban J connectivity index is 1.99. The van der Waals surface area contributed by atoms with Crippen molar-refractivity contribution >= 4 is 0 Å². The Hall–Kier alpha value is -0.340. The predicted octanol–water partition coefficient (Wildman–Crippen LogP) is 1.12. The molecule has 56 valence electrons. The molecular weight excluding hydrogens is 128 g/mol. The normalized spacial score (nSPS) is 45.4. The van der Waals surface area contributed by atoms with Crippen LogP contribution in [0.4, 0.5) is 0 Å². The average molecular weight is 140 g/mol. The van der Waals surface area contributed by atoms with Gasteiger partial charge in [0.1, 0.15) is 0 Å². The molecule has 10 heavy (non-hydrogen) atoms. The molecule has 2 rings (SSSR count). The summed E-state index contributed by atoms with van der Waals surface area (Å²) in [5.74, 6) is 0. The number of fused-ring (bicyclic) bond motifs is 1. The summed E-state index contributed by atoms with van der Waals surface area (Å²) in [6.45, 7) is 4.56. The van der Waals surface area contributed by atoms with Gasteiger partial charge in [-0.1, -0.05) is 6.08 Å². The molecule has 0 bridgehead atoms. The molecule has 0 radical (unpaired) electrons. The van der Waals surface area contributed by atoms with Gasteiger partial charge in [-0.25, -0.2) is 0 Å². The molecule has 2 saturated heterocycles. The second-order valence-electron chi connectivity index (χ2n) is 2.88. The van der Waals surface area contributed by atoms with Gasteiger partial charge in [0.15, 0.2) is 0 Å². The third-order valence-electron chi connectivity index (χ3n) is 2.23. The van der Waals surface area contributed by atoms with Gasteiger partial charge in [-0.05, 0) is 6.42 Å². The van der Waals surface area contributed by atoms with E-state index in [1.165, 1.54) is 0 Å². The van der Waals surface area contributed by atoms with E-state index in [9.17, 15) is 0 Å². The molecule has 2 heterocycles. The first-order valence-electron chi connectivity index (χ1n) is 3.80. The fraction of sp³-hybridized carbons (Fsp3) is 0.750. The molecule has 2 heteroatoms. The number of rotatable bonds is 1. The van der Waals surface area contributed by atoms with E-state index < -0.39 is 0 Å². The molecule has 3 unspecified atom stereocenters. The van der Waals surface area contributed by atoms with Crippen molar-refractivity contribution in [3.05, 3.63) is 12.7 Å². The summed E-state index contributed by atoms with van der Waals surface area (Å²) in [5, 5.41) is 0. The van der Waals surface area contributed by atoms with Crippen molar-refractivity contribution in [1.82, 2.24) is 0 Å². The Bertz CT molecular complexity index is 132. The van der Waals surface area contributed by atoms with Crippen LogP contribution in [0.15, 0.2) is 12.7 Å². The van der Waals surface area contributed by atoms with E-state index in [0.717, 1.165) is 19.4 Å². The van der Waals surface area contributed by atoms with Gasteiger partial charge in [-0.2, -0.15) is 0 Å². The van der Waals surface area contributed by atoms with Crippen molar-refractivity contribution in [1.29, 1.82) is 0 Å². The van der Waals surface area contributed by atoms with E-state index in [4.69, 9.17) is 9.47 Å². The van der Waals surface area contributed by atoms with Crippen LogP contribution in [0.5, 0.6) is 0 Å². The molecule has 2 aliphatic rings. The second-order valence-corrected chi connectivity index (χ2v) is 2.88. The van der Waals surface area contributed by atoms with Crippen LogP contribution < -0.4 is 0 Å². The highest BCUT2D eigenvalue weighted by Crippen LogP contribution is 2.30. The van der Waals surface area contributed by atoms with E-state index in [1.54, 1.807) is 0 Å². The van der Waals surface area contributed by atoms with Gasteiger partial charge in [-0.3, -0.25) is 0 Å². The Kier molecular flexibility index (Phi) is 1.51. The topological polar surface area (TPSA) is 18.5 Å².